The Morgan fingerprint density at radius 3 is 3.00 bits per heavy atom. The van der Waals surface area contributed by atoms with E-state index in [9.17, 15) is 9.18 Å². The summed E-state index contributed by atoms with van der Waals surface area (Å²) in [6.45, 7) is 2.57. The first-order valence-electron chi connectivity index (χ1n) is 9.53. The van der Waals surface area contributed by atoms with Crippen molar-refractivity contribution in [2.75, 3.05) is 13.7 Å². The highest BCUT2D eigenvalue weighted by Crippen LogP contribution is 2.28. The van der Waals surface area contributed by atoms with E-state index < -0.39 is 0 Å². The number of aromatic nitrogens is 1. The summed E-state index contributed by atoms with van der Waals surface area (Å²) in [5.41, 5.74) is 8.03. The van der Waals surface area contributed by atoms with Crippen molar-refractivity contribution in [1.82, 2.24) is 20.9 Å². The molecular weight excluding hydrogens is 373 g/mol. The predicted molar refractivity (Wildman–Crippen MR) is 109 cm³/mol. The number of halogens is 1. The van der Waals surface area contributed by atoms with Crippen molar-refractivity contribution in [1.29, 1.82) is 0 Å². The third-order valence-corrected chi connectivity index (χ3v) is 4.79. The summed E-state index contributed by atoms with van der Waals surface area (Å²) in [6, 6.07) is 3.39. The van der Waals surface area contributed by atoms with Crippen LogP contribution in [0.15, 0.2) is 65.6 Å². The van der Waals surface area contributed by atoms with E-state index in [0.29, 0.717) is 31.0 Å². The Kier molecular flexibility index (Phi) is 6.66. The zero-order valence-corrected chi connectivity index (χ0v) is 16.5. The highest BCUT2D eigenvalue weighted by molar-refractivity contribution is 5.92. The van der Waals surface area contributed by atoms with Gasteiger partial charge in [0.2, 0.25) is 0 Å². The molecule has 1 aromatic rings. The molecule has 0 spiro atoms. The average molecular weight is 399 g/mol. The number of hydrogen-bond acceptors (Lipinski definition) is 6. The van der Waals surface area contributed by atoms with Gasteiger partial charge in [-0.1, -0.05) is 13.0 Å². The van der Waals surface area contributed by atoms with E-state index in [4.69, 9.17) is 10.5 Å². The van der Waals surface area contributed by atoms with Crippen LogP contribution in [0.4, 0.5) is 4.39 Å². The van der Waals surface area contributed by atoms with Gasteiger partial charge < -0.3 is 21.1 Å². The molecule has 0 bridgehead atoms. The van der Waals surface area contributed by atoms with Gasteiger partial charge in [0.25, 0.3) is 5.91 Å². The Labute approximate surface area is 169 Å². The molecule has 2 unspecified atom stereocenters. The van der Waals surface area contributed by atoms with Crippen LogP contribution in [0.1, 0.15) is 30.3 Å². The molecule has 0 aromatic carbocycles. The summed E-state index contributed by atoms with van der Waals surface area (Å²) in [7, 11) is 1.55. The van der Waals surface area contributed by atoms with E-state index in [1.165, 1.54) is 12.3 Å². The summed E-state index contributed by atoms with van der Waals surface area (Å²) in [4.78, 5) is 15.8. The number of carbonyl (C=O) groups is 1. The first-order chi connectivity index (χ1) is 14.0. The van der Waals surface area contributed by atoms with Gasteiger partial charge >= 0.3 is 0 Å². The molecule has 2 aliphatic rings. The molecule has 3 rings (SSSR count). The lowest BCUT2D eigenvalue weighted by atomic mass is 9.96. The van der Waals surface area contributed by atoms with Gasteiger partial charge in [0.15, 0.2) is 0 Å². The second-order valence-corrected chi connectivity index (χ2v) is 6.99. The van der Waals surface area contributed by atoms with Crippen molar-refractivity contribution >= 4 is 5.91 Å². The molecule has 1 amide bonds. The fourth-order valence-corrected chi connectivity index (χ4v) is 3.11. The monoisotopic (exact) mass is 399 g/mol. The largest absolute Gasteiger partial charge is 0.461 e. The van der Waals surface area contributed by atoms with Crippen molar-refractivity contribution in [3.63, 3.8) is 0 Å². The topological polar surface area (TPSA) is 101 Å². The SMILES string of the molecule is CNC(=O)c1cc(OC2=CC(N)=C(NCNC3C=CC(F)=CC3)CC2C)ccn1. The Hall–Kier alpha value is -3.13. The van der Waals surface area contributed by atoms with E-state index in [2.05, 4.69) is 20.9 Å². The number of rotatable bonds is 7. The summed E-state index contributed by atoms with van der Waals surface area (Å²) in [6.07, 6.45) is 9.50. The second kappa shape index (κ2) is 9.38. The third-order valence-electron chi connectivity index (χ3n) is 4.79. The van der Waals surface area contributed by atoms with Crippen molar-refractivity contribution < 1.29 is 13.9 Å². The van der Waals surface area contributed by atoms with Crippen LogP contribution in [-0.4, -0.2) is 30.6 Å². The molecule has 1 aromatic heterocycles. The van der Waals surface area contributed by atoms with Crippen LogP contribution in [0.3, 0.4) is 0 Å². The van der Waals surface area contributed by atoms with Crippen LogP contribution in [-0.2, 0) is 0 Å². The highest BCUT2D eigenvalue weighted by atomic mass is 19.1. The van der Waals surface area contributed by atoms with Crippen LogP contribution >= 0.6 is 0 Å². The van der Waals surface area contributed by atoms with Gasteiger partial charge in [-0.3, -0.25) is 15.1 Å². The number of allylic oxidation sites excluding steroid dienone is 5. The zero-order chi connectivity index (χ0) is 20.8. The normalized spacial score (nSPS) is 21.3. The number of nitrogens with two attached hydrogens (primary N) is 1. The van der Waals surface area contributed by atoms with Gasteiger partial charge in [-0.15, -0.1) is 0 Å². The van der Waals surface area contributed by atoms with Gasteiger partial charge in [0.1, 0.15) is 23.0 Å². The summed E-state index contributed by atoms with van der Waals surface area (Å²) < 4.78 is 19.0. The molecule has 0 aliphatic heterocycles. The van der Waals surface area contributed by atoms with Gasteiger partial charge in [-0.2, -0.15) is 0 Å². The fraction of sp³-hybridized carbons (Fsp3) is 0.333. The van der Waals surface area contributed by atoms with Crippen LogP contribution in [0, 0.1) is 5.92 Å². The minimum absolute atomic E-state index is 0.0977. The quantitative estimate of drug-likeness (QED) is 0.525. The number of carbonyl (C=O) groups excluding carboxylic acids is 1. The Morgan fingerprint density at radius 1 is 1.45 bits per heavy atom. The van der Waals surface area contributed by atoms with Crippen molar-refractivity contribution in [3.8, 4) is 5.75 Å². The average Bonchev–Trinajstić information content (AvgIpc) is 2.72. The second-order valence-electron chi connectivity index (χ2n) is 6.99. The smallest absolute Gasteiger partial charge is 0.269 e. The maximum Gasteiger partial charge on any atom is 0.269 e. The van der Waals surface area contributed by atoms with Crippen molar-refractivity contribution in [3.05, 3.63) is 71.3 Å². The molecule has 1 heterocycles. The molecule has 7 nitrogen and oxygen atoms in total. The molecular formula is C21H26FN5O2. The fourth-order valence-electron chi connectivity index (χ4n) is 3.11. The van der Waals surface area contributed by atoms with E-state index in [1.54, 1.807) is 31.3 Å². The van der Waals surface area contributed by atoms with E-state index >= 15 is 0 Å². The lowest BCUT2D eigenvalue weighted by Gasteiger charge is -2.26. The minimum atomic E-state index is -0.273. The molecule has 0 saturated carbocycles. The Morgan fingerprint density at radius 2 is 2.28 bits per heavy atom. The number of amides is 1. The predicted octanol–water partition coefficient (Wildman–Crippen LogP) is 2.23. The summed E-state index contributed by atoms with van der Waals surface area (Å²) >= 11 is 0. The lowest BCUT2D eigenvalue weighted by Crippen LogP contribution is -2.37. The molecule has 2 aliphatic carbocycles. The van der Waals surface area contributed by atoms with E-state index in [-0.39, 0.29) is 29.4 Å². The summed E-state index contributed by atoms with van der Waals surface area (Å²) in [5.74, 6) is 0.898. The molecule has 0 fully saturated rings. The number of pyridine rings is 1. The van der Waals surface area contributed by atoms with Gasteiger partial charge in [0, 0.05) is 43.0 Å². The van der Waals surface area contributed by atoms with Crippen molar-refractivity contribution in [2.45, 2.75) is 25.8 Å². The lowest BCUT2D eigenvalue weighted by molar-refractivity contribution is 0.0957. The zero-order valence-electron chi connectivity index (χ0n) is 16.5. The first-order valence-corrected chi connectivity index (χ1v) is 9.53. The van der Waals surface area contributed by atoms with Gasteiger partial charge in [-0.05, 0) is 31.1 Å². The Balaban J connectivity index is 1.60. The highest BCUT2D eigenvalue weighted by Gasteiger charge is 2.21. The summed E-state index contributed by atoms with van der Waals surface area (Å²) in [5, 5.41) is 9.15. The molecule has 0 saturated heterocycles. The molecule has 0 radical (unpaired) electrons. The maximum absolute atomic E-state index is 13.0. The van der Waals surface area contributed by atoms with E-state index in [0.717, 1.165) is 11.5 Å². The standard InChI is InChI=1S/C21H26FN5O2/c1-13-9-18(27-12-26-15-5-3-14(22)4-6-15)17(23)11-20(13)29-16-7-8-25-19(10-16)21(28)24-2/h3-5,7-8,10-11,13,15,26-27H,6,9,12,23H2,1-2H3,(H,24,28). The molecule has 154 valence electrons. The molecule has 8 heteroatoms. The number of hydrogen-bond donors (Lipinski definition) is 4. The van der Waals surface area contributed by atoms with E-state index in [1.807, 2.05) is 13.0 Å². The van der Waals surface area contributed by atoms with Crippen LogP contribution < -0.4 is 26.4 Å². The van der Waals surface area contributed by atoms with Crippen LogP contribution in [0.2, 0.25) is 0 Å². The molecule has 5 N–H and O–H groups in total. The Bertz CT molecular complexity index is 891. The van der Waals surface area contributed by atoms with Gasteiger partial charge in [0.05, 0.1) is 12.4 Å². The number of nitrogens with zero attached hydrogens (tertiary/aromatic N) is 1. The molecule has 29 heavy (non-hydrogen) atoms. The molecule has 2 atom stereocenters. The number of ether oxygens (including phenoxy) is 1. The van der Waals surface area contributed by atoms with Gasteiger partial charge in [-0.25, -0.2) is 4.39 Å². The maximum atomic E-state index is 13.0. The minimum Gasteiger partial charge on any atom is -0.461 e. The third kappa shape index (κ3) is 5.45. The first kappa shape index (κ1) is 20.6. The van der Waals surface area contributed by atoms with Crippen molar-refractivity contribution in [2.24, 2.45) is 11.7 Å². The van der Waals surface area contributed by atoms with Crippen LogP contribution in [0.25, 0.3) is 0 Å². The van der Waals surface area contributed by atoms with Crippen LogP contribution in [0.5, 0.6) is 5.75 Å². The number of nitrogens with one attached hydrogen (secondary N) is 3.